The van der Waals surface area contributed by atoms with Gasteiger partial charge in [-0.25, -0.2) is 4.79 Å². The van der Waals surface area contributed by atoms with Gasteiger partial charge in [0.05, 0.1) is 6.42 Å². The molecule has 0 aromatic heterocycles. The number of hydrogen-bond donors (Lipinski definition) is 2. The fourth-order valence-corrected chi connectivity index (χ4v) is 2.27. The van der Waals surface area contributed by atoms with Crippen molar-refractivity contribution in [2.24, 2.45) is 5.92 Å². The molecule has 1 fully saturated rings. The predicted octanol–water partition coefficient (Wildman–Crippen LogP) is 1.68. The van der Waals surface area contributed by atoms with E-state index in [1.165, 1.54) is 0 Å². The highest BCUT2D eigenvalue weighted by molar-refractivity contribution is 5.75. The van der Waals surface area contributed by atoms with Crippen molar-refractivity contribution in [2.75, 3.05) is 13.1 Å². The number of urea groups is 1. The summed E-state index contributed by atoms with van der Waals surface area (Å²) < 4.78 is 0. The lowest BCUT2D eigenvalue weighted by molar-refractivity contribution is -0.136. The standard InChI is InChI=1S/C12H22N2O3/c1-9(2)8-10-4-3-7-14(10)12(17)13-6-5-11(15)16/h9-10H,3-8H2,1-2H3,(H,13,17)(H,15,16). The Labute approximate surface area is 102 Å². The third-order valence-corrected chi connectivity index (χ3v) is 3.00. The normalized spacial score (nSPS) is 19.7. The van der Waals surface area contributed by atoms with Crippen molar-refractivity contribution in [3.63, 3.8) is 0 Å². The van der Waals surface area contributed by atoms with Crippen LogP contribution in [0.2, 0.25) is 0 Å². The van der Waals surface area contributed by atoms with Crippen molar-refractivity contribution in [3.05, 3.63) is 0 Å². The van der Waals surface area contributed by atoms with Gasteiger partial charge in [0, 0.05) is 19.1 Å². The second kappa shape index (κ2) is 6.47. The van der Waals surface area contributed by atoms with Crippen molar-refractivity contribution in [3.8, 4) is 0 Å². The number of carboxylic acid groups (broad SMARTS) is 1. The highest BCUT2D eigenvalue weighted by atomic mass is 16.4. The molecule has 1 heterocycles. The highest BCUT2D eigenvalue weighted by Crippen LogP contribution is 2.23. The minimum absolute atomic E-state index is 0.0194. The van der Waals surface area contributed by atoms with E-state index in [-0.39, 0.29) is 19.0 Å². The molecule has 1 aliphatic rings. The van der Waals surface area contributed by atoms with Gasteiger partial charge in [-0.2, -0.15) is 0 Å². The van der Waals surface area contributed by atoms with E-state index in [2.05, 4.69) is 19.2 Å². The second-order valence-corrected chi connectivity index (χ2v) is 4.99. The van der Waals surface area contributed by atoms with Gasteiger partial charge in [-0.05, 0) is 25.2 Å². The molecule has 0 aliphatic carbocycles. The van der Waals surface area contributed by atoms with Crippen LogP contribution in [-0.4, -0.2) is 41.1 Å². The third-order valence-electron chi connectivity index (χ3n) is 3.00. The van der Waals surface area contributed by atoms with E-state index in [1.807, 2.05) is 4.90 Å². The zero-order valence-electron chi connectivity index (χ0n) is 10.6. The minimum Gasteiger partial charge on any atom is -0.481 e. The number of amides is 2. The van der Waals surface area contributed by atoms with Crippen LogP contribution in [0.5, 0.6) is 0 Å². The van der Waals surface area contributed by atoms with Crippen molar-refractivity contribution in [1.29, 1.82) is 0 Å². The van der Waals surface area contributed by atoms with Crippen LogP contribution in [-0.2, 0) is 4.79 Å². The number of hydrogen-bond acceptors (Lipinski definition) is 2. The molecule has 0 saturated carbocycles. The van der Waals surface area contributed by atoms with Crippen LogP contribution in [0, 0.1) is 5.92 Å². The minimum atomic E-state index is -0.884. The molecule has 1 saturated heterocycles. The maximum atomic E-state index is 11.8. The number of aliphatic carboxylic acids is 1. The number of carbonyl (C=O) groups is 2. The largest absolute Gasteiger partial charge is 0.481 e. The molecule has 0 radical (unpaired) electrons. The average molecular weight is 242 g/mol. The van der Waals surface area contributed by atoms with E-state index in [0.717, 1.165) is 25.8 Å². The van der Waals surface area contributed by atoms with Gasteiger partial charge in [-0.3, -0.25) is 4.79 Å². The fraction of sp³-hybridized carbons (Fsp3) is 0.833. The van der Waals surface area contributed by atoms with Crippen LogP contribution in [0.25, 0.3) is 0 Å². The molecular weight excluding hydrogens is 220 g/mol. The summed E-state index contributed by atoms with van der Waals surface area (Å²) in [6.07, 6.45) is 3.11. The van der Waals surface area contributed by atoms with Crippen LogP contribution < -0.4 is 5.32 Å². The summed E-state index contributed by atoms with van der Waals surface area (Å²) in [6, 6.07) is 0.203. The van der Waals surface area contributed by atoms with E-state index in [0.29, 0.717) is 12.0 Å². The molecule has 2 amide bonds. The summed E-state index contributed by atoms with van der Waals surface area (Å²) in [5.41, 5.74) is 0. The third kappa shape index (κ3) is 4.63. The van der Waals surface area contributed by atoms with Gasteiger partial charge in [-0.15, -0.1) is 0 Å². The molecule has 0 aromatic rings. The lowest BCUT2D eigenvalue weighted by Crippen LogP contribution is -2.43. The number of rotatable bonds is 5. The SMILES string of the molecule is CC(C)CC1CCCN1C(=O)NCCC(=O)O. The molecule has 98 valence electrons. The molecule has 17 heavy (non-hydrogen) atoms. The molecule has 1 aliphatic heterocycles. The van der Waals surface area contributed by atoms with Crippen molar-refractivity contribution in [2.45, 2.75) is 45.6 Å². The Morgan fingerprint density at radius 2 is 2.18 bits per heavy atom. The Hall–Kier alpha value is -1.26. The summed E-state index contributed by atoms with van der Waals surface area (Å²) in [5.74, 6) is -0.308. The zero-order chi connectivity index (χ0) is 12.8. The Morgan fingerprint density at radius 3 is 2.76 bits per heavy atom. The summed E-state index contributed by atoms with van der Waals surface area (Å²) in [4.78, 5) is 24.0. The summed E-state index contributed by atoms with van der Waals surface area (Å²) in [6.45, 7) is 5.30. The van der Waals surface area contributed by atoms with E-state index in [9.17, 15) is 9.59 Å². The molecule has 0 aromatic carbocycles. The predicted molar refractivity (Wildman–Crippen MR) is 64.8 cm³/mol. The van der Waals surface area contributed by atoms with Crippen LogP contribution in [0.1, 0.15) is 39.5 Å². The van der Waals surface area contributed by atoms with Gasteiger partial charge in [0.1, 0.15) is 0 Å². The van der Waals surface area contributed by atoms with Crippen molar-refractivity contribution >= 4 is 12.0 Å². The molecule has 5 heteroatoms. The first-order chi connectivity index (χ1) is 8.00. The molecule has 1 rings (SSSR count). The van der Waals surface area contributed by atoms with Crippen molar-refractivity contribution in [1.82, 2.24) is 10.2 Å². The van der Waals surface area contributed by atoms with E-state index >= 15 is 0 Å². The molecule has 2 N–H and O–H groups in total. The van der Waals surface area contributed by atoms with Gasteiger partial charge in [0.15, 0.2) is 0 Å². The maximum Gasteiger partial charge on any atom is 0.317 e. The quantitative estimate of drug-likeness (QED) is 0.770. The smallest absolute Gasteiger partial charge is 0.317 e. The average Bonchev–Trinajstić information content (AvgIpc) is 2.64. The maximum absolute atomic E-state index is 11.8. The lowest BCUT2D eigenvalue weighted by Gasteiger charge is -2.26. The van der Waals surface area contributed by atoms with Gasteiger partial charge in [0.25, 0.3) is 0 Å². The Kier molecular flexibility index (Phi) is 5.25. The number of carbonyl (C=O) groups excluding carboxylic acids is 1. The second-order valence-electron chi connectivity index (χ2n) is 4.99. The van der Waals surface area contributed by atoms with Gasteiger partial charge < -0.3 is 15.3 Å². The number of carboxylic acids is 1. The topological polar surface area (TPSA) is 69.6 Å². The van der Waals surface area contributed by atoms with E-state index < -0.39 is 5.97 Å². The molecule has 0 spiro atoms. The Morgan fingerprint density at radius 1 is 1.47 bits per heavy atom. The number of nitrogens with zero attached hydrogens (tertiary/aromatic N) is 1. The molecule has 1 atom stereocenters. The first kappa shape index (κ1) is 13.8. The van der Waals surface area contributed by atoms with Gasteiger partial charge >= 0.3 is 12.0 Å². The van der Waals surface area contributed by atoms with Crippen LogP contribution in [0.3, 0.4) is 0 Å². The zero-order valence-corrected chi connectivity index (χ0v) is 10.6. The Balaban J connectivity index is 2.36. The van der Waals surface area contributed by atoms with Crippen LogP contribution >= 0.6 is 0 Å². The highest BCUT2D eigenvalue weighted by Gasteiger charge is 2.28. The molecular formula is C12H22N2O3. The molecule has 1 unspecified atom stereocenters. The lowest BCUT2D eigenvalue weighted by atomic mass is 10.0. The van der Waals surface area contributed by atoms with Crippen LogP contribution in [0.15, 0.2) is 0 Å². The Bertz CT molecular complexity index is 279. The first-order valence-electron chi connectivity index (χ1n) is 6.27. The van der Waals surface area contributed by atoms with Gasteiger partial charge in [-0.1, -0.05) is 13.8 Å². The monoisotopic (exact) mass is 242 g/mol. The van der Waals surface area contributed by atoms with E-state index in [4.69, 9.17) is 5.11 Å². The summed E-state index contributed by atoms with van der Waals surface area (Å²) >= 11 is 0. The molecule has 5 nitrogen and oxygen atoms in total. The van der Waals surface area contributed by atoms with E-state index in [1.54, 1.807) is 0 Å². The van der Waals surface area contributed by atoms with Crippen molar-refractivity contribution < 1.29 is 14.7 Å². The summed E-state index contributed by atoms with van der Waals surface area (Å²) in [7, 11) is 0. The molecule has 0 bridgehead atoms. The number of nitrogens with one attached hydrogen (secondary N) is 1. The van der Waals surface area contributed by atoms with Gasteiger partial charge in [0.2, 0.25) is 0 Å². The fourth-order valence-electron chi connectivity index (χ4n) is 2.27. The first-order valence-corrected chi connectivity index (χ1v) is 6.27. The number of likely N-dealkylation sites (tertiary alicyclic amines) is 1. The van der Waals surface area contributed by atoms with Crippen LogP contribution in [0.4, 0.5) is 4.79 Å². The summed E-state index contributed by atoms with van der Waals surface area (Å²) in [5, 5.41) is 11.2.